The van der Waals surface area contributed by atoms with Gasteiger partial charge in [0, 0.05) is 31.7 Å². The molecular weight excluding hydrogens is 381 g/mol. The van der Waals surface area contributed by atoms with Crippen LogP contribution in [0.15, 0.2) is 55.0 Å². The third-order valence-corrected chi connectivity index (χ3v) is 5.41. The third-order valence-electron chi connectivity index (χ3n) is 5.41. The van der Waals surface area contributed by atoms with Crippen molar-refractivity contribution in [3.05, 3.63) is 89.0 Å². The number of nitrogens with one attached hydrogen (secondary N) is 1. The van der Waals surface area contributed by atoms with Crippen LogP contribution in [0.1, 0.15) is 51.9 Å². The highest BCUT2D eigenvalue weighted by molar-refractivity contribution is 5.94. The van der Waals surface area contributed by atoms with Gasteiger partial charge in [-0.25, -0.2) is 14.4 Å². The summed E-state index contributed by atoms with van der Waals surface area (Å²) in [6, 6.07) is 10.3. The number of rotatable bonds is 6. The highest BCUT2D eigenvalue weighted by Crippen LogP contribution is 2.31. The summed E-state index contributed by atoms with van der Waals surface area (Å²) in [5.41, 5.74) is 3.16. The van der Waals surface area contributed by atoms with Crippen LogP contribution in [-0.4, -0.2) is 32.3 Å². The van der Waals surface area contributed by atoms with Gasteiger partial charge in [-0.3, -0.25) is 14.7 Å². The smallest absolute Gasteiger partial charge is 0.254 e. The molecule has 4 rings (SSSR count). The normalized spacial score (nSPS) is 16.5. The summed E-state index contributed by atoms with van der Waals surface area (Å²) >= 11 is 0. The van der Waals surface area contributed by atoms with Crippen LogP contribution in [0.4, 0.5) is 4.39 Å². The van der Waals surface area contributed by atoms with Gasteiger partial charge in [-0.05, 0) is 61.7 Å². The standard InChI is InChI=1S/C23H24FN5O/c1-16-20(23(30)27-13-17-4-6-19(24)7-5-17)14-26-22(28-16)21-3-2-12-29(21)15-18-8-10-25-11-9-18/h4-11,14,21H,2-3,12-13,15H2,1H3,(H,27,30). The lowest BCUT2D eigenvalue weighted by molar-refractivity contribution is 0.0949. The molecule has 6 nitrogen and oxygen atoms in total. The van der Waals surface area contributed by atoms with Gasteiger partial charge >= 0.3 is 0 Å². The van der Waals surface area contributed by atoms with Gasteiger partial charge in [0.2, 0.25) is 0 Å². The number of carbonyl (C=O) groups excluding carboxylic acids is 1. The van der Waals surface area contributed by atoms with Crippen molar-refractivity contribution in [3.63, 3.8) is 0 Å². The Kier molecular flexibility index (Phi) is 6.09. The molecule has 1 amide bonds. The first kappa shape index (κ1) is 20.1. The topological polar surface area (TPSA) is 71.0 Å². The second kappa shape index (κ2) is 9.09. The number of nitrogens with zero attached hydrogens (tertiary/aromatic N) is 4. The summed E-state index contributed by atoms with van der Waals surface area (Å²) in [5, 5.41) is 2.85. The predicted molar refractivity (Wildman–Crippen MR) is 111 cm³/mol. The zero-order valence-electron chi connectivity index (χ0n) is 16.9. The first-order chi connectivity index (χ1) is 14.6. The van der Waals surface area contributed by atoms with Crippen LogP contribution in [0.3, 0.4) is 0 Å². The number of aromatic nitrogens is 3. The van der Waals surface area contributed by atoms with Gasteiger partial charge in [0.05, 0.1) is 17.3 Å². The Balaban J connectivity index is 1.43. The molecule has 0 radical (unpaired) electrons. The van der Waals surface area contributed by atoms with Gasteiger partial charge in [-0.1, -0.05) is 12.1 Å². The van der Waals surface area contributed by atoms with E-state index >= 15 is 0 Å². The van der Waals surface area contributed by atoms with Crippen molar-refractivity contribution in [1.82, 2.24) is 25.2 Å². The minimum absolute atomic E-state index is 0.146. The Bertz CT molecular complexity index is 1010. The number of halogens is 1. The van der Waals surface area contributed by atoms with E-state index in [1.165, 1.54) is 17.7 Å². The van der Waals surface area contributed by atoms with Crippen molar-refractivity contribution < 1.29 is 9.18 Å². The van der Waals surface area contributed by atoms with Crippen LogP contribution in [-0.2, 0) is 13.1 Å². The summed E-state index contributed by atoms with van der Waals surface area (Å²) in [7, 11) is 0. The molecule has 0 saturated carbocycles. The fourth-order valence-corrected chi connectivity index (χ4v) is 3.78. The van der Waals surface area contributed by atoms with Gasteiger partial charge in [-0.15, -0.1) is 0 Å². The summed E-state index contributed by atoms with van der Waals surface area (Å²) in [4.78, 5) is 28.2. The van der Waals surface area contributed by atoms with Crippen LogP contribution in [0.2, 0.25) is 0 Å². The molecule has 1 N–H and O–H groups in total. The van der Waals surface area contributed by atoms with E-state index in [0.717, 1.165) is 37.3 Å². The van der Waals surface area contributed by atoms with Crippen molar-refractivity contribution in [2.75, 3.05) is 6.54 Å². The molecule has 1 atom stereocenters. The Labute approximate surface area is 175 Å². The Morgan fingerprint density at radius 3 is 2.67 bits per heavy atom. The maximum Gasteiger partial charge on any atom is 0.254 e. The van der Waals surface area contributed by atoms with E-state index in [1.807, 2.05) is 19.1 Å². The summed E-state index contributed by atoms with van der Waals surface area (Å²) in [6.45, 7) is 3.98. The van der Waals surface area contributed by atoms with Gasteiger partial charge in [0.25, 0.3) is 5.91 Å². The molecule has 0 spiro atoms. The Hall–Kier alpha value is -3.19. The maximum atomic E-state index is 13.0. The van der Waals surface area contributed by atoms with Crippen molar-refractivity contribution >= 4 is 5.91 Å². The first-order valence-corrected chi connectivity index (χ1v) is 10.1. The number of hydrogen-bond acceptors (Lipinski definition) is 5. The number of likely N-dealkylation sites (tertiary alicyclic amines) is 1. The van der Waals surface area contributed by atoms with Crippen molar-refractivity contribution in [1.29, 1.82) is 0 Å². The lowest BCUT2D eigenvalue weighted by Gasteiger charge is -2.23. The van der Waals surface area contributed by atoms with E-state index in [4.69, 9.17) is 0 Å². The largest absolute Gasteiger partial charge is 0.348 e. The quantitative estimate of drug-likeness (QED) is 0.679. The summed E-state index contributed by atoms with van der Waals surface area (Å²) < 4.78 is 13.0. The van der Waals surface area contributed by atoms with Crippen LogP contribution in [0.25, 0.3) is 0 Å². The van der Waals surface area contributed by atoms with Crippen molar-refractivity contribution in [2.45, 2.75) is 38.9 Å². The minimum Gasteiger partial charge on any atom is -0.348 e. The van der Waals surface area contributed by atoms with Crippen molar-refractivity contribution in [2.24, 2.45) is 0 Å². The zero-order valence-corrected chi connectivity index (χ0v) is 16.9. The average Bonchev–Trinajstić information content (AvgIpc) is 3.22. The molecule has 1 aliphatic rings. The van der Waals surface area contributed by atoms with Crippen LogP contribution < -0.4 is 5.32 Å². The number of amides is 1. The molecule has 3 heterocycles. The molecular formula is C23H24FN5O. The molecule has 1 unspecified atom stereocenters. The van der Waals surface area contributed by atoms with E-state index in [1.54, 1.807) is 30.7 Å². The Morgan fingerprint density at radius 1 is 1.17 bits per heavy atom. The molecule has 0 bridgehead atoms. The van der Waals surface area contributed by atoms with E-state index in [9.17, 15) is 9.18 Å². The fourth-order valence-electron chi connectivity index (χ4n) is 3.78. The lowest BCUT2D eigenvalue weighted by atomic mass is 10.1. The number of carbonyl (C=O) groups is 1. The number of hydrogen-bond donors (Lipinski definition) is 1. The minimum atomic E-state index is -0.296. The third kappa shape index (κ3) is 4.68. The highest BCUT2D eigenvalue weighted by atomic mass is 19.1. The van der Waals surface area contributed by atoms with E-state index in [-0.39, 0.29) is 17.8 Å². The molecule has 1 aliphatic heterocycles. The molecule has 1 saturated heterocycles. The highest BCUT2D eigenvalue weighted by Gasteiger charge is 2.29. The Morgan fingerprint density at radius 2 is 1.93 bits per heavy atom. The van der Waals surface area contributed by atoms with Gasteiger partial charge < -0.3 is 5.32 Å². The molecule has 1 fully saturated rings. The molecule has 7 heteroatoms. The first-order valence-electron chi connectivity index (χ1n) is 10.1. The fraction of sp³-hybridized carbons (Fsp3) is 0.304. The van der Waals surface area contributed by atoms with Gasteiger partial charge in [-0.2, -0.15) is 0 Å². The summed E-state index contributed by atoms with van der Waals surface area (Å²) in [6.07, 6.45) is 7.32. The maximum absolute atomic E-state index is 13.0. The number of benzene rings is 1. The molecule has 0 aliphatic carbocycles. The number of aryl methyl sites for hydroxylation is 1. The van der Waals surface area contributed by atoms with E-state index in [2.05, 4.69) is 25.2 Å². The SMILES string of the molecule is Cc1nc(C2CCCN2Cc2ccncc2)ncc1C(=O)NCc1ccc(F)cc1. The second-order valence-corrected chi connectivity index (χ2v) is 7.52. The monoisotopic (exact) mass is 405 g/mol. The van der Waals surface area contributed by atoms with Crippen LogP contribution in [0, 0.1) is 12.7 Å². The average molecular weight is 405 g/mol. The number of pyridine rings is 1. The molecule has 3 aromatic rings. The zero-order chi connectivity index (χ0) is 20.9. The van der Waals surface area contributed by atoms with E-state index in [0.29, 0.717) is 17.8 Å². The van der Waals surface area contributed by atoms with Gasteiger partial charge in [0.15, 0.2) is 0 Å². The van der Waals surface area contributed by atoms with Crippen LogP contribution in [0.5, 0.6) is 0 Å². The predicted octanol–water partition coefficient (Wildman–Crippen LogP) is 3.59. The molecule has 2 aromatic heterocycles. The van der Waals surface area contributed by atoms with E-state index < -0.39 is 0 Å². The molecule has 154 valence electrons. The van der Waals surface area contributed by atoms with Crippen molar-refractivity contribution in [3.8, 4) is 0 Å². The molecule has 1 aromatic carbocycles. The van der Waals surface area contributed by atoms with Gasteiger partial charge in [0.1, 0.15) is 11.6 Å². The second-order valence-electron chi connectivity index (χ2n) is 7.52. The lowest BCUT2D eigenvalue weighted by Crippen LogP contribution is -2.27. The molecule has 30 heavy (non-hydrogen) atoms. The summed E-state index contributed by atoms with van der Waals surface area (Å²) in [5.74, 6) is 0.229. The van der Waals surface area contributed by atoms with Crippen LogP contribution >= 0.6 is 0 Å².